The summed E-state index contributed by atoms with van der Waals surface area (Å²) in [5, 5.41) is 4.38. The van der Waals surface area contributed by atoms with Crippen molar-refractivity contribution in [1.29, 1.82) is 0 Å². The lowest BCUT2D eigenvalue weighted by Crippen LogP contribution is -2.31. The van der Waals surface area contributed by atoms with Crippen LogP contribution in [0.15, 0.2) is 73.1 Å². The smallest absolute Gasteiger partial charge is 0.275 e. The van der Waals surface area contributed by atoms with E-state index in [0.717, 1.165) is 22.6 Å². The van der Waals surface area contributed by atoms with Crippen LogP contribution < -0.4 is 0 Å². The first-order valence-electron chi connectivity index (χ1n) is 9.92. The molecule has 0 fully saturated rings. The molecule has 0 bridgehead atoms. The normalized spacial score (nSPS) is 10.9. The second-order valence-corrected chi connectivity index (χ2v) is 7.47. The van der Waals surface area contributed by atoms with Gasteiger partial charge in [0.05, 0.1) is 6.54 Å². The Hall–Kier alpha value is -3.67. The fourth-order valence-electron chi connectivity index (χ4n) is 3.40. The monoisotopic (exact) mass is 399 g/mol. The third-order valence-corrected chi connectivity index (χ3v) is 5.31. The minimum atomic E-state index is -0.103. The van der Waals surface area contributed by atoms with Gasteiger partial charge in [-0.1, -0.05) is 54.6 Å². The van der Waals surface area contributed by atoms with Crippen LogP contribution in [-0.4, -0.2) is 30.1 Å². The van der Waals surface area contributed by atoms with Gasteiger partial charge in [0.2, 0.25) is 0 Å². The highest BCUT2D eigenvalue weighted by Crippen LogP contribution is 2.21. The fraction of sp³-hybridized carbons (Fsp3) is 0.208. The van der Waals surface area contributed by atoms with E-state index in [1.807, 2.05) is 56.0 Å². The van der Waals surface area contributed by atoms with Crippen molar-refractivity contribution in [1.82, 2.24) is 24.2 Å². The maximum Gasteiger partial charge on any atom is 0.275 e. The zero-order valence-electron chi connectivity index (χ0n) is 17.5. The van der Waals surface area contributed by atoms with Gasteiger partial charge in [-0.05, 0) is 29.7 Å². The summed E-state index contributed by atoms with van der Waals surface area (Å²) in [5.41, 5.74) is 4.79. The van der Waals surface area contributed by atoms with Crippen LogP contribution in [0.25, 0.3) is 11.1 Å². The summed E-state index contributed by atoms with van der Waals surface area (Å²) in [6.45, 7) is 2.84. The number of amides is 1. The molecule has 1 amide bonds. The van der Waals surface area contributed by atoms with Gasteiger partial charge < -0.3 is 9.47 Å². The molecule has 0 saturated carbocycles. The van der Waals surface area contributed by atoms with Crippen molar-refractivity contribution in [3.8, 4) is 11.1 Å². The van der Waals surface area contributed by atoms with E-state index >= 15 is 0 Å². The highest BCUT2D eigenvalue weighted by molar-refractivity contribution is 5.92. The van der Waals surface area contributed by atoms with Crippen molar-refractivity contribution in [2.45, 2.75) is 20.0 Å². The largest absolute Gasteiger partial charge is 0.337 e. The summed E-state index contributed by atoms with van der Waals surface area (Å²) in [4.78, 5) is 19.4. The Labute approximate surface area is 176 Å². The van der Waals surface area contributed by atoms with E-state index in [0.29, 0.717) is 18.8 Å². The molecule has 4 rings (SSSR count). The van der Waals surface area contributed by atoms with Crippen LogP contribution >= 0.6 is 0 Å². The summed E-state index contributed by atoms with van der Waals surface area (Å²) >= 11 is 0. The van der Waals surface area contributed by atoms with Crippen molar-refractivity contribution < 1.29 is 4.79 Å². The molecule has 0 spiro atoms. The molecule has 0 aliphatic heterocycles. The second-order valence-electron chi connectivity index (χ2n) is 7.47. The van der Waals surface area contributed by atoms with Crippen LogP contribution in [0, 0.1) is 6.92 Å². The van der Waals surface area contributed by atoms with E-state index in [1.165, 1.54) is 5.56 Å². The molecule has 2 heterocycles. The predicted octanol–water partition coefficient (Wildman–Crippen LogP) is 3.97. The van der Waals surface area contributed by atoms with Gasteiger partial charge >= 0.3 is 0 Å². The van der Waals surface area contributed by atoms with Crippen LogP contribution in [0.5, 0.6) is 0 Å². The fourth-order valence-corrected chi connectivity index (χ4v) is 3.40. The van der Waals surface area contributed by atoms with Crippen molar-refractivity contribution in [2.75, 3.05) is 0 Å². The van der Waals surface area contributed by atoms with Gasteiger partial charge in [0.25, 0.3) is 5.91 Å². The lowest BCUT2D eigenvalue weighted by molar-refractivity contribution is 0.0717. The molecule has 0 atom stereocenters. The number of rotatable bonds is 6. The van der Waals surface area contributed by atoms with E-state index in [2.05, 4.69) is 46.5 Å². The van der Waals surface area contributed by atoms with Gasteiger partial charge in [0.15, 0.2) is 5.69 Å². The molecule has 0 radical (unpaired) electrons. The van der Waals surface area contributed by atoms with E-state index in [1.54, 1.807) is 15.8 Å². The molecule has 30 heavy (non-hydrogen) atoms. The molecular formula is C24H25N5O. The molecule has 2 aromatic carbocycles. The molecule has 0 saturated heterocycles. The van der Waals surface area contributed by atoms with Crippen LogP contribution in [0.2, 0.25) is 0 Å². The number of nitrogens with zero attached hydrogens (tertiary/aromatic N) is 5. The Morgan fingerprint density at radius 1 is 0.967 bits per heavy atom. The number of benzene rings is 2. The number of imidazole rings is 1. The van der Waals surface area contributed by atoms with E-state index < -0.39 is 0 Å². The van der Waals surface area contributed by atoms with Crippen LogP contribution in [-0.2, 0) is 27.2 Å². The Balaban J connectivity index is 1.59. The van der Waals surface area contributed by atoms with Gasteiger partial charge in [-0.2, -0.15) is 5.10 Å². The van der Waals surface area contributed by atoms with Crippen molar-refractivity contribution >= 4 is 5.91 Å². The molecule has 4 aromatic rings. The average Bonchev–Trinajstić information content (AvgIpc) is 3.32. The van der Waals surface area contributed by atoms with Gasteiger partial charge in [0.1, 0.15) is 5.82 Å². The summed E-state index contributed by atoms with van der Waals surface area (Å²) in [5.74, 6) is 0.728. The minimum absolute atomic E-state index is 0.103. The molecule has 0 aliphatic rings. The third-order valence-electron chi connectivity index (χ3n) is 5.31. The van der Waals surface area contributed by atoms with E-state index in [-0.39, 0.29) is 5.91 Å². The van der Waals surface area contributed by atoms with E-state index in [4.69, 9.17) is 0 Å². The Morgan fingerprint density at radius 3 is 2.27 bits per heavy atom. The molecule has 0 aliphatic carbocycles. The second kappa shape index (κ2) is 8.37. The Morgan fingerprint density at radius 2 is 1.67 bits per heavy atom. The van der Waals surface area contributed by atoms with Crippen molar-refractivity contribution in [2.24, 2.45) is 14.1 Å². The van der Waals surface area contributed by atoms with Crippen molar-refractivity contribution in [3.05, 3.63) is 95.8 Å². The summed E-state index contributed by atoms with van der Waals surface area (Å²) in [6, 6.07) is 20.4. The van der Waals surface area contributed by atoms with E-state index in [9.17, 15) is 4.79 Å². The molecule has 0 unspecified atom stereocenters. The SMILES string of the molecule is Cc1cc(C(=O)N(Cc2ccc(-c3ccccc3)cc2)Cc2nccn2C)nn1C. The number of carbonyl (C=O) groups excluding carboxylic acids is 1. The highest BCUT2D eigenvalue weighted by atomic mass is 16.2. The first kappa shape index (κ1) is 19.6. The predicted molar refractivity (Wildman–Crippen MR) is 117 cm³/mol. The maximum atomic E-state index is 13.3. The molecule has 0 N–H and O–H groups in total. The van der Waals surface area contributed by atoms with Gasteiger partial charge in [-0.15, -0.1) is 0 Å². The van der Waals surface area contributed by atoms with Gasteiger partial charge in [-0.25, -0.2) is 4.98 Å². The van der Waals surface area contributed by atoms with Crippen molar-refractivity contribution in [3.63, 3.8) is 0 Å². The Kier molecular flexibility index (Phi) is 5.48. The molecule has 6 nitrogen and oxygen atoms in total. The quantitative estimate of drug-likeness (QED) is 0.493. The first-order valence-corrected chi connectivity index (χ1v) is 9.92. The summed E-state index contributed by atoms with van der Waals surface area (Å²) < 4.78 is 3.66. The minimum Gasteiger partial charge on any atom is -0.337 e. The lowest BCUT2D eigenvalue weighted by Gasteiger charge is -2.22. The molecule has 2 aromatic heterocycles. The maximum absolute atomic E-state index is 13.3. The zero-order chi connectivity index (χ0) is 21.1. The molecule has 6 heteroatoms. The summed E-state index contributed by atoms with van der Waals surface area (Å²) in [6.07, 6.45) is 3.63. The number of aryl methyl sites for hydroxylation is 3. The number of hydrogen-bond acceptors (Lipinski definition) is 3. The van der Waals surface area contributed by atoms with Gasteiger partial charge in [-0.3, -0.25) is 9.48 Å². The topological polar surface area (TPSA) is 56.0 Å². The molecule has 152 valence electrons. The first-order chi connectivity index (χ1) is 14.5. The summed E-state index contributed by atoms with van der Waals surface area (Å²) in [7, 11) is 3.78. The standard InChI is InChI=1S/C24H25N5O/c1-18-15-22(26-28(18)3)24(30)29(17-23-25-13-14-27(23)2)16-19-9-11-21(12-10-19)20-7-5-4-6-8-20/h4-15H,16-17H2,1-3H3. The van der Waals surface area contributed by atoms with Crippen LogP contribution in [0.3, 0.4) is 0 Å². The lowest BCUT2D eigenvalue weighted by atomic mass is 10.0. The van der Waals surface area contributed by atoms with Crippen LogP contribution in [0.1, 0.15) is 27.6 Å². The van der Waals surface area contributed by atoms with Gasteiger partial charge in [0, 0.05) is 38.7 Å². The molecular weight excluding hydrogens is 374 g/mol. The average molecular weight is 399 g/mol. The number of hydrogen-bond donors (Lipinski definition) is 0. The number of aromatic nitrogens is 4. The zero-order valence-corrected chi connectivity index (χ0v) is 17.5. The Bertz CT molecular complexity index is 1120. The highest BCUT2D eigenvalue weighted by Gasteiger charge is 2.21. The third kappa shape index (κ3) is 4.17. The number of carbonyl (C=O) groups is 1. The van der Waals surface area contributed by atoms with Crippen LogP contribution in [0.4, 0.5) is 0 Å².